The summed E-state index contributed by atoms with van der Waals surface area (Å²) in [4.78, 5) is 2.57. The van der Waals surface area contributed by atoms with Gasteiger partial charge in [-0.2, -0.15) is 0 Å². The Hall–Kier alpha value is -0.340. The molecule has 1 heterocycles. The van der Waals surface area contributed by atoms with Crippen molar-refractivity contribution < 1.29 is 0 Å². The van der Waals surface area contributed by atoms with Crippen molar-refractivity contribution in [2.75, 3.05) is 18.4 Å². The third-order valence-electron chi connectivity index (χ3n) is 3.64. The van der Waals surface area contributed by atoms with Crippen LogP contribution in [0.2, 0.25) is 0 Å². The minimum absolute atomic E-state index is 0.633. The highest BCUT2D eigenvalue weighted by atomic mass is 79.9. The third kappa shape index (κ3) is 3.56. The van der Waals surface area contributed by atoms with Crippen LogP contribution in [-0.2, 0) is 6.54 Å². The van der Waals surface area contributed by atoms with Crippen molar-refractivity contribution in [3.8, 4) is 0 Å². The molecule has 1 aromatic rings. The summed E-state index contributed by atoms with van der Waals surface area (Å²) in [7, 11) is 0. The van der Waals surface area contributed by atoms with Crippen LogP contribution in [0, 0.1) is 5.92 Å². The van der Waals surface area contributed by atoms with Crippen molar-refractivity contribution in [3.63, 3.8) is 0 Å². The van der Waals surface area contributed by atoms with Crippen LogP contribution in [0.5, 0.6) is 0 Å². The molecule has 2 heteroatoms. The molecule has 1 unspecified atom stereocenters. The van der Waals surface area contributed by atoms with Gasteiger partial charge in [0.1, 0.15) is 0 Å². The van der Waals surface area contributed by atoms with E-state index in [9.17, 15) is 0 Å². The largest absolute Gasteiger partial charge is 0.299 e. The maximum Gasteiger partial charge on any atom is 0.0233 e. The van der Waals surface area contributed by atoms with E-state index in [1.54, 1.807) is 0 Å². The summed E-state index contributed by atoms with van der Waals surface area (Å²) in [5.41, 5.74) is 2.89. The molecule has 1 aromatic carbocycles. The topological polar surface area (TPSA) is 3.24 Å². The van der Waals surface area contributed by atoms with E-state index in [1.807, 2.05) is 0 Å². The Kier molecular flexibility index (Phi) is 4.63. The maximum absolute atomic E-state index is 3.59. The summed E-state index contributed by atoms with van der Waals surface area (Å²) in [5.74, 6) is 1.48. The Morgan fingerprint density at radius 1 is 1.29 bits per heavy atom. The van der Waals surface area contributed by atoms with Crippen molar-refractivity contribution in [1.29, 1.82) is 0 Å². The van der Waals surface area contributed by atoms with Crippen LogP contribution in [0.4, 0.5) is 0 Å². The zero-order chi connectivity index (χ0) is 12.3. The SMILES string of the molecule is CC(C)c1ccc(CN2CCC(CBr)C2)cc1. The lowest BCUT2D eigenvalue weighted by molar-refractivity contribution is 0.321. The first-order chi connectivity index (χ1) is 8.19. The number of hydrogen-bond donors (Lipinski definition) is 0. The molecule has 0 amide bonds. The summed E-state index contributed by atoms with van der Waals surface area (Å²) in [6, 6.07) is 9.13. The molecular weight excluding hydrogens is 274 g/mol. The predicted octanol–water partition coefficient (Wildman–Crippen LogP) is 4.03. The number of nitrogens with zero attached hydrogens (tertiary/aromatic N) is 1. The van der Waals surface area contributed by atoms with Gasteiger partial charge in [0.25, 0.3) is 0 Å². The van der Waals surface area contributed by atoms with Gasteiger partial charge in [-0.15, -0.1) is 0 Å². The van der Waals surface area contributed by atoms with E-state index in [1.165, 1.54) is 30.6 Å². The number of likely N-dealkylation sites (tertiary alicyclic amines) is 1. The molecule has 1 aliphatic heterocycles. The number of rotatable bonds is 4. The van der Waals surface area contributed by atoms with Crippen molar-refractivity contribution in [2.45, 2.75) is 32.7 Å². The normalized spacial score (nSPS) is 21.3. The molecule has 0 aromatic heterocycles. The monoisotopic (exact) mass is 295 g/mol. The molecule has 0 bridgehead atoms. The number of halogens is 1. The lowest BCUT2D eigenvalue weighted by Gasteiger charge is -2.16. The summed E-state index contributed by atoms with van der Waals surface area (Å²) in [6.07, 6.45) is 1.34. The average Bonchev–Trinajstić information content (AvgIpc) is 2.77. The van der Waals surface area contributed by atoms with Gasteiger partial charge in [0.05, 0.1) is 0 Å². The van der Waals surface area contributed by atoms with E-state index in [0.29, 0.717) is 5.92 Å². The standard InChI is InChI=1S/C15H22BrN/c1-12(2)15-5-3-13(4-6-15)10-17-8-7-14(9-16)11-17/h3-6,12,14H,7-11H2,1-2H3. The van der Waals surface area contributed by atoms with Gasteiger partial charge in [-0.1, -0.05) is 54.0 Å². The van der Waals surface area contributed by atoms with Gasteiger partial charge in [-0.25, -0.2) is 0 Å². The van der Waals surface area contributed by atoms with Crippen molar-refractivity contribution in [1.82, 2.24) is 4.90 Å². The van der Waals surface area contributed by atoms with Gasteiger partial charge in [0.15, 0.2) is 0 Å². The first-order valence-corrected chi connectivity index (χ1v) is 7.68. The van der Waals surface area contributed by atoms with Gasteiger partial charge in [-0.3, -0.25) is 4.90 Å². The molecule has 1 aliphatic rings. The fourth-order valence-corrected chi connectivity index (χ4v) is 2.98. The van der Waals surface area contributed by atoms with Crippen LogP contribution in [0.15, 0.2) is 24.3 Å². The van der Waals surface area contributed by atoms with Crippen LogP contribution >= 0.6 is 15.9 Å². The lowest BCUT2D eigenvalue weighted by atomic mass is 10.0. The predicted molar refractivity (Wildman–Crippen MR) is 77.7 cm³/mol. The molecule has 94 valence electrons. The number of hydrogen-bond acceptors (Lipinski definition) is 1. The fraction of sp³-hybridized carbons (Fsp3) is 0.600. The van der Waals surface area contributed by atoms with Crippen LogP contribution in [-0.4, -0.2) is 23.3 Å². The molecule has 1 saturated heterocycles. The van der Waals surface area contributed by atoms with Crippen LogP contribution in [0.3, 0.4) is 0 Å². The molecule has 0 radical (unpaired) electrons. The van der Waals surface area contributed by atoms with Crippen LogP contribution in [0.25, 0.3) is 0 Å². The molecule has 1 fully saturated rings. The zero-order valence-corrected chi connectivity index (χ0v) is 12.4. The molecule has 0 aliphatic carbocycles. The van der Waals surface area contributed by atoms with Gasteiger partial charge >= 0.3 is 0 Å². The highest BCUT2D eigenvalue weighted by Gasteiger charge is 2.21. The molecule has 1 nitrogen and oxygen atoms in total. The highest BCUT2D eigenvalue weighted by molar-refractivity contribution is 9.09. The van der Waals surface area contributed by atoms with E-state index in [2.05, 4.69) is 58.9 Å². The second-order valence-electron chi connectivity index (χ2n) is 5.44. The van der Waals surface area contributed by atoms with Gasteiger partial charge < -0.3 is 0 Å². The van der Waals surface area contributed by atoms with E-state index in [0.717, 1.165) is 17.8 Å². The van der Waals surface area contributed by atoms with Crippen molar-refractivity contribution >= 4 is 15.9 Å². The molecular formula is C15H22BrN. The highest BCUT2D eigenvalue weighted by Crippen LogP contribution is 2.21. The summed E-state index contributed by atoms with van der Waals surface area (Å²) in [5, 5.41) is 1.15. The number of benzene rings is 1. The Labute approximate surface area is 113 Å². The lowest BCUT2D eigenvalue weighted by Crippen LogP contribution is -2.20. The second kappa shape index (κ2) is 6.01. The fourth-order valence-electron chi connectivity index (χ4n) is 2.45. The Balaban J connectivity index is 1.91. The number of alkyl halides is 1. The Morgan fingerprint density at radius 2 is 2.00 bits per heavy atom. The summed E-state index contributed by atoms with van der Waals surface area (Å²) >= 11 is 3.59. The first-order valence-electron chi connectivity index (χ1n) is 6.56. The van der Waals surface area contributed by atoms with Gasteiger partial charge in [0.2, 0.25) is 0 Å². The second-order valence-corrected chi connectivity index (χ2v) is 6.09. The van der Waals surface area contributed by atoms with Gasteiger partial charge in [0, 0.05) is 18.4 Å². The molecule has 0 spiro atoms. The molecule has 0 N–H and O–H groups in total. The molecule has 17 heavy (non-hydrogen) atoms. The molecule has 2 rings (SSSR count). The van der Waals surface area contributed by atoms with Crippen LogP contribution < -0.4 is 0 Å². The van der Waals surface area contributed by atoms with Crippen LogP contribution in [0.1, 0.15) is 37.3 Å². The zero-order valence-electron chi connectivity index (χ0n) is 10.8. The minimum Gasteiger partial charge on any atom is -0.299 e. The Bertz CT molecular complexity index is 344. The van der Waals surface area contributed by atoms with E-state index < -0.39 is 0 Å². The first kappa shape index (κ1) is 13.1. The smallest absolute Gasteiger partial charge is 0.0233 e. The minimum atomic E-state index is 0.633. The van der Waals surface area contributed by atoms with E-state index >= 15 is 0 Å². The quantitative estimate of drug-likeness (QED) is 0.758. The van der Waals surface area contributed by atoms with Crippen molar-refractivity contribution in [2.24, 2.45) is 5.92 Å². The van der Waals surface area contributed by atoms with E-state index in [-0.39, 0.29) is 0 Å². The molecule has 0 saturated carbocycles. The average molecular weight is 296 g/mol. The summed E-state index contributed by atoms with van der Waals surface area (Å²) < 4.78 is 0. The van der Waals surface area contributed by atoms with Crippen molar-refractivity contribution in [3.05, 3.63) is 35.4 Å². The summed E-state index contributed by atoms with van der Waals surface area (Å²) in [6.45, 7) is 8.10. The van der Waals surface area contributed by atoms with Gasteiger partial charge in [-0.05, 0) is 35.9 Å². The van der Waals surface area contributed by atoms with E-state index in [4.69, 9.17) is 0 Å². The Morgan fingerprint density at radius 3 is 2.53 bits per heavy atom. The maximum atomic E-state index is 3.59. The molecule has 1 atom stereocenters. The third-order valence-corrected chi connectivity index (χ3v) is 4.56.